The van der Waals surface area contributed by atoms with Crippen LogP contribution < -0.4 is 10.2 Å². The van der Waals surface area contributed by atoms with Gasteiger partial charge in [-0.15, -0.1) is 0 Å². The number of ketones is 1. The molecule has 1 heterocycles. The molecule has 1 aliphatic heterocycles. The number of benzene rings is 1. The van der Waals surface area contributed by atoms with Crippen molar-refractivity contribution in [3.05, 3.63) is 29.8 Å². The second kappa shape index (κ2) is 7.41. The van der Waals surface area contributed by atoms with Gasteiger partial charge < -0.3 is 15.0 Å². The number of morpholine rings is 1. The summed E-state index contributed by atoms with van der Waals surface area (Å²) in [5, 5.41) is 3.23. The molecule has 0 spiro atoms. The normalized spacial score (nSPS) is 17.0. The van der Waals surface area contributed by atoms with Crippen molar-refractivity contribution >= 4 is 11.5 Å². The van der Waals surface area contributed by atoms with Crippen LogP contribution in [0, 0.1) is 0 Å². The average Bonchev–Trinajstić information content (AvgIpc) is 2.48. The molecule has 0 bridgehead atoms. The van der Waals surface area contributed by atoms with E-state index in [2.05, 4.69) is 34.5 Å². The van der Waals surface area contributed by atoms with Crippen LogP contribution in [0.5, 0.6) is 0 Å². The van der Waals surface area contributed by atoms with Gasteiger partial charge in [0.25, 0.3) is 0 Å². The molecule has 4 heteroatoms. The minimum absolute atomic E-state index is 0.0748. The number of likely N-dealkylation sites (N-methyl/N-ethyl adjacent to an activating group) is 1. The highest BCUT2D eigenvalue weighted by Gasteiger charge is 2.14. The van der Waals surface area contributed by atoms with E-state index in [9.17, 15) is 4.79 Å². The van der Waals surface area contributed by atoms with Gasteiger partial charge in [0.15, 0.2) is 0 Å². The van der Waals surface area contributed by atoms with E-state index in [0.717, 1.165) is 39.3 Å². The number of carbonyl (C=O) groups is 1. The second-order valence-electron chi connectivity index (χ2n) is 5.19. The van der Waals surface area contributed by atoms with Crippen LogP contribution in [-0.2, 0) is 16.0 Å². The highest BCUT2D eigenvalue weighted by atomic mass is 16.5. The monoisotopic (exact) mass is 276 g/mol. The molecule has 1 N–H and O–H groups in total. The van der Waals surface area contributed by atoms with Crippen LogP contribution in [0.4, 0.5) is 5.69 Å². The Hall–Kier alpha value is -1.39. The standard InChI is InChI=1S/C16H24N2O2/c1-3-17-16(13(2)19)12-14-4-6-15(7-5-14)18-8-10-20-11-9-18/h4-7,16-17H,3,8-12H2,1-2H3/t16-/m0/s1. The summed E-state index contributed by atoms with van der Waals surface area (Å²) in [5.74, 6) is 0.198. The largest absolute Gasteiger partial charge is 0.378 e. The predicted molar refractivity (Wildman–Crippen MR) is 81.3 cm³/mol. The second-order valence-corrected chi connectivity index (χ2v) is 5.19. The van der Waals surface area contributed by atoms with Gasteiger partial charge in [-0.05, 0) is 37.6 Å². The molecule has 1 saturated heterocycles. The van der Waals surface area contributed by atoms with Crippen molar-refractivity contribution < 1.29 is 9.53 Å². The Morgan fingerprint density at radius 2 is 1.95 bits per heavy atom. The summed E-state index contributed by atoms with van der Waals surface area (Å²) in [4.78, 5) is 13.9. The van der Waals surface area contributed by atoms with Crippen LogP contribution in [0.2, 0.25) is 0 Å². The Kier molecular flexibility index (Phi) is 5.56. The third kappa shape index (κ3) is 4.05. The summed E-state index contributed by atoms with van der Waals surface area (Å²) in [7, 11) is 0. The Labute approximate surface area is 121 Å². The number of nitrogens with one attached hydrogen (secondary N) is 1. The number of hydrogen-bond donors (Lipinski definition) is 1. The van der Waals surface area contributed by atoms with Crippen LogP contribution in [0.15, 0.2) is 24.3 Å². The van der Waals surface area contributed by atoms with E-state index < -0.39 is 0 Å². The zero-order valence-corrected chi connectivity index (χ0v) is 12.4. The molecule has 0 aliphatic carbocycles. The summed E-state index contributed by atoms with van der Waals surface area (Å²) in [5.41, 5.74) is 2.43. The fraction of sp³-hybridized carbons (Fsp3) is 0.562. The first kappa shape index (κ1) is 15.0. The average molecular weight is 276 g/mol. The van der Waals surface area contributed by atoms with Crippen LogP contribution in [0.1, 0.15) is 19.4 Å². The summed E-state index contributed by atoms with van der Waals surface area (Å²) >= 11 is 0. The third-order valence-corrected chi connectivity index (χ3v) is 3.69. The smallest absolute Gasteiger partial charge is 0.147 e. The number of hydrogen-bond acceptors (Lipinski definition) is 4. The van der Waals surface area contributed by atoms with E-state index in [-0.39, 0.29) is 11.8 Å². The van der Waals surface area contributed by atoms with Crippen molar-refractivity contribution in [3.8, 4) is 0 Å². The molecular formula is C16H24N2O2. The van der Waals surface area contributed by atoms with E-state index in [1.807, 2.05) is 6.92 Å². The highest BCUT2D eigenvalue weighted by molar-refractivity contribution is 5.81. The molecule has 110 valence electrons. The lowest BCUT2D eigenvalue weighted by Crippen LogP contribution is -2.37. The van der Waals surface area contributed by atoms with Gasteiger partial charge in [0.05, 0.1) is 19.3 Å². The first-order valence-electron chi connectivity index (χ1n) is 7.36. The molecule has 0 saturated carbocycles. The molecular weight excluding hydrogens is 252 g/mol. The lowest BCUT2D eigenvalue weighted by molar-refractivity contribution is -0.118. The zero-order valence-electron chi connectivity index (χ0n) is 12.4. The summed E-state index contributed by atoms with van der Waals surface area (Å²) in [6.07, 6.45) is 0.757. The van der Waals surface area contributed by atoms with Crippen LogP contribution in [-0.4, -0.2) is 44.7 Å². The highest BCUT2D eigenvalue weighted by Crippen LogP contribution is 2.17. The molecule has 1 atom stereocenters. The maximum atomic E-state index is 11.6. The molecule has 1 aromatic rings. The Morgan fingerprint density at radius 3 is 2.50 bits per heavy atom. The Bertz CT molecular complexity index is 425. The SMILES string of the molecule is CCN[C@@H](Cc1ccc(N2CCOCC2)cc1)C(C)=O. The molecule has 20 heavy (non-hydrogen) atoms. The first-order valence-corrected chi connectivity index (χ1v) is 7.36. The van der Waals surface area contributed by atoms with Gasteiger partial charge in [-0.1, -0.05) is 19.1 Å². The molecule has 4 nitrogen and oxygen atoms in total. The molecule has 0 unspecified atom stereocenters. The fourth-order valence-electron chi connectivity index (χ4n) is 2.51. The summed E-state index contributed by atoms with van der Waals surface area (Å²) in [6.45, 7) is 7.99. The van der Waals surface area contributed by atoms with Gasteiger partial charge in [-0.3, -0.25) is 4.79 Å². The van der Waals surface area contributed by atoms with Crippen molar-refractivity contribution in [1.29, 1.82) is 0 Å². The van der Waals surface area contributed by atoms with Crippen molar-refractivity contribution in [3.63, 3.8) is 0 Å². The Balaban J connectivity index is 1.98. The van der Waals surface area contributed by atoms with Crippen LogP contribution >= 0.6 is 0 Å². The number of ether oxygens (including phenoxy) is 1. The molecule has 1 aliphatic rings. The van der Waals surface area contributed by atoms with E-state index in [0.29, 0.717) is 0 Å². The van der Waals surface area contributed by atoms with Gasteiger partial charge >= 0.3 is 0 Å². The molecule has 0 radical (unpaired) electrons. The molecule has 1 fully saturated rings. The molecule has 2 rings (SSSR count). The minimum atomic E-state index is -0.0748. The van der Waals surface area contributed by atoms with Gasteiger partial charge in [0.1, 0.15) is 5.78 Å². The lowest BCUT2D eigenvalue weighted by atomic mass is 10.0. The van der Waals surface area contributed by atoms with Gasteiger partial charge in [0.2, 0.25) is 0 Å². The van der Waals surface area contributed by atoms with E-state index >= 15 is 0 Å². The number of nitrogens with zero attached hydrogens (tertiary/aromatic N) is 1. The quantitative estimate of drug-likeness (QED) is 0.857. The van der Waals surface area contributed by atoms with E-state index in [4.69, 9.17) is 4.74 Å². The number of Topliss-reactive ketones (excluding diaryl/α,β-unsaturated/α-hetero) is 1. The Morgan fingerprint density at radius 1 is 1.30 bits per heavy atom. The van der Waals surface area contributed by atoms with Gasteiger partial charge in [-0.25, -0.2) is 0 Å². The maximum absolute atomic E-state index is 11.6. The number of anilines is 1. The van der Waals surface area contributed by atoms with E-state index in [1.165, 1.54) is 11.3 Å². The fourth-order valence-corrected chi connectivity index (χ4v) is 2.51. The molecule has 0 aromatic heterocycles. The van der Waals surface area contributed by atoms with E-state index in [1.54, 1.807) is 6.92 Å². The van der Waals surface area contributed by atoms with Crippen molar-refractivity contribution in [1.82, 2.24) is 5.32 Å². The minimum Gasteiger partial charge on any atom is -0.378 e. The van der Waals surface area contributed by atoms with Crippen molar-refractivity contribution in [2.75, 3.05) is 37.7 Å². The van der Waals surface area contributed by atoms with Gasteiger partial charge in [0, 0.05) is 18.8 Å². The topological polar surface area (TPSA) is 41.6 Å². The molecule has 1 aromatic carbocycles. The first-order chi connectivity index (χ1) is 9.70. The van der Waals surface area contributed by atoms with Crippen molar-refractivity contribution in [2.24, 2.45) is 0 Å². The van der Waals surface area contributed by atoms with Crippen molar-refractivity contribution in [2.45, 2.75) is 26.3 Å². The molecule has 0 amide bonds. The summed E-state index contributed by atoms with van der Waals surface area (Å²) < 4.78 is 5.36. The van der Waals surface area contributed by atoms with Crippen LogP contribution in [0.25, 0.3) is 0 Å². The van der Waals surface area contributed by atoms with Crippen LogP contribution in [0.3, 0.4) is 0 Å². The summed E-state index contributed by atoms with van der Waals surface area (Å²) in [6, 6.07) is 8.46. The maximum Gasteiger partial charge on any atom is 0.147 e. The number of carbonyl (C=O) groups excluding carboxylic acids is 1. The van der Waals surface area contributed by atoms with Gasteiger partial charge in [-0.2, -0.15) is 0 Å². The zero-order chi connectivity index (χ0) is 14.4. The lowest BCUT2D eigenvalue weighted by Gasteiger charge is -2.29. The number of rotatable bonds is 6. The predicted octanol–water partition coefficient (Wildman–Crippen LogP) is 1.63. The third-order valence-electron chi connectivity index (χ3n) is 3.69.